The second-order valence-corrected chi connectivity index (χ2v) is 6.01. The van der Waals surface area contributed by atoms with Crippen LogP contribution in [-0.4, -0.2) is 4.98 Å². The number of benzene rings is 1. The van der Waals surface area contributed by atoms with Crippen molar-refractivity contribution in [3.63, 3.8) is 0 Å². The normalized spacial score (nSPS) is 16.8. The van der Waals surface area contributed by atoms with E-state index in [1.54, 1.807) is 0 Å². The van der Waals surface area contributed by atoms with Crippen LogP contribution in [0.4, 0.5) is 4.39 Å². The minimum atomic E-state index is -0.202. The highest BCUT2D eigenvalue weighted by atomic mass is 19.1. The molecule has 2 heteroatoms. The summed E-state index contributed by atoms with van der Waals surface area (Å²) >= 11 is 0. The van der Waals surface area contributed by atoms with Crippen molar-refractivity contribution in [2.45, 2.75) is 44.9 Å². The number of rotatable bonds is 3. The van der Waals surface area contributed by atoms with Crippen molar-refractivity contribution >= 4 is 0 Å². The molecule has 1 fully saturated rings. The van der Waals surface area contributed by atoms with E-state index in [0.717, 1.165) is 23.4 Å². The van der Waals surface area contributed by atoms with Gasteiger partial charge in [-0.25, -0.2) is 4.39 Å². The van der Waals surface area contributed by atoms with Gasteiger partial charge in [0.05, 0.1) is 5.69 Å². The third-order valence-electron chi connectivity index (χ3n) is 4.53. The summed E-state index contributed by atoms with van der Waals surface area (Å²) < 4.78 is 13.1. The summed E-state index contributed by atoms with van der Waals surface area (Å²) in [4.78, 5) is 4.70. The summed E-state index contributed by atoms with van der Waals surface area (Å²) in [6.07, 6.45) is 4.75. The molecule has 3 rings (SSSR count). The highest BCUT2D eigenvalue weighted by Gasteiger charge is 2.34. The molecule has 0 unspecified atom stereocenters. The fraction of sp³-hybridized carbons (Fsp3) is 0.389. The Bertz CT molecular complexity index is 612. The Hall–Kier alpha value is -1.70. The average Bonchev–Trinajstić information content (AvgIpc) is 2.45. The SMILES string of the molecule is CCc1cc(C2(C)CCC2)cc(-c2ccc(F)cc2)n1. The molecule has 0 atom stereocenters. The van der Waals surface area contributed by atoms with E-state index in [-0.39, 0.29) is 5.82 Å². The number of hydrogen-bond donors (Lipinski definition) is 0. The molecule has 2 aromatic rings. The average molecular weight is 269 g/mol. The van der Waals surface area contributed by atoms with Crippen LogP contribution in [-0.2, 0) is 11.8 Å². The molecule has 1 heterocycles. The van der Waals surface area contributed by atoms with E-state index in [1.165, 1.54) is 37.0 Å². The van der Waals surface area contributed by atoms with Crippen LogP contribution in [0.1, 0.15) is 44.4 Å². The second kappa shape index (κ2) is 5.01. The molecular formula is C18H20FN. The first-order chi connectivity index (χ1) is 9.60. The highest BCUT2D eigenvalue weighted by Crippen LogP contribution is 2.44. The standard InChI is InChI=1S/C18H20FN/c1-3-16-11-14(18(2)9-4-10-18)12-17(20-16)13-5-7-15(19)8-6-13/h5-8,11-12H,3-4,9-10H2,1-2H3. The van der Waals surface area contributed by atoms with Gasteiger partial charge in [-0.2, -0.15) is 0 Å². The maximum Gasteiger partial charge on any atom is 0.123 e. The Balaban J connectivity index is 2.06. The van der Waals surface area contributed by atoms with Gasteiger partial charge in [0.15, 0.2) is 0 Å². The summed E-state index contributed by atoms with van der Waals surface area (Å²) in [6.45, 7) is 4.46. The first-order valence-corrected chi connectivity index (χ1v) is 7.38. The van der Waals surface area contributed by atoms with Crippen molar-refractivity contribution in [1.29, 1.82) is 0 Å². The molecule has 0 bridgehead atoms. The molecule has 1 saturated carbocycles. The zero-order valence-corrected chi connectivity index (χ0v) is 12.1. The lowest BCUT2D eigenvalue weighted by Crippen LogP contribution is -2.30. The smallest absolute Gasteiger partial charge is 0.123 e. The molecule has 0 spiro atoms. The third kappa shape index (κ3) is 2.35. The van der Waals surface area contributed by atoms with E-state index in [2.05, 4.69) is 26.0 Å². The van der Waals surface area contributed by atoms with Crippen molar-refractivity contribution in [3.05, 3.63) is 53.5 Å². The summed E-state index contributed by atoms with van der Waals surface area (Å²) in [5.41, 5.74) is 4.77. The fourth-order valence-corrected chi connectivity index (χ4v) is 2.88. The number of aryl methyl sites for hydroxylation is 1. The zero-order chi connectivity index (χ0) is 14.2. The molecule has 1 aromatic carbocycles. The van der Waals surface area contributed by atoms with Gasteiger partial charge in [0, 0.05) is 11.3 Å². The Labute approximate surface area is 119 Å². The van der Waals surface area contributed by atoms with Gasteiger partial charge in [0.1, 0.15) is 5.82 Å². The first kappa shape index (κ1) is 13.3. The van der Waals surface area contributed by atoms with Gasteiger partial charge < -0.3 is 0 Å². The number of pyridine rings is 1. The highest BCUT2D eigenvalue weighted by molar-refractivity contribution is 5.60. The van der Waals surface area contributed by atoms with Gasteiger partial charge in [-0.15, -0.1) is 0 Å². The lowest BCUT2D eigenvalue weighted by molar-refractivity contribution is 0.272. The third-order valence-corrected chi connectivity index (χ3v) is 4.53. The molecule has 0 radical (unpaired) electrons. The van der Waals surface area contributed by atoms with Crippen LogP contribution in [0, 0.1) is 5.82 Å². The summed E-state index contributed by atoms with van der Waals surface area (Å²) in [5, 5.41) is 0. The number of halogens is 1. The molecule has 20 heavy (non-hydrogen) atoms. The number of hydrogen-bond acceptors (Lipinski definition) is 1. The molecule has 104 valence electrons. The lowest BCUT2D eigenvalue weighted by atomic mass is 9.66. The lowest BCUT2D eigenvalue weighted by Gasteiger charge is -2.39. The van der Waals surface area contributed by atoms with Gasteiger partial charge in [0.25, 0.3) is 0 Å². The monoisotopic (exact) mass is 269 g/mol. The van der Waals surface area contributed by atoms with Gasteiger partial charge in [0.2, 0.25) is 0 Å². The summed E-state index contributed by atoms with van der Waals surface area (Å²) in [7, 11) is 0. The predicted molar refractivity (Wildman–Crippen MR) is 80.2 cm³/mol. The molecule has 1 aliphatic rings. The van der Waals surface area contributed by atoms with E-state index in [1.807, 2.05) is 12.1 Å². The van der Waals surface area contributed by atoms with Crippen molar-refractivity contribution in [3.8, 4) is 11.3 Å². The van der Waals surface area contributed by atoms with E-state index < -0.39 is 0 Å². The topological polar surface area (TPSA) is 12.9 Å². The van der Waals surface area contributed by atoms with Gasteiger partial charge >= 0.3 is 0 Å². The van der Waals surface area contributed by atoms with Crippen LogP contribution in [0.5, 0.6) is 0 Å². The van der Waals surface area contributed by atoms with Crippen molar-refractivity contribution < 1.29 is 4.39 Å². The van der Waals surface area contributed by atoms with Crippen LogP contribution in [0.15, 0.2) is 36.4 Å². The van der Waals surface area contributed by atoms with Gasteiger partial charge in [-0.3, -0.25) is 4.98 Å². The second-order valence-electron chi connectivity index (χ2n) is 6.01. The first-order valence-electron chi connectivity index (χ1n) is 7.38. The van der Waals surface area contributed by atoms with E-state index >= 15 is 0 Å². The Morgan fingerprint density at radius 2 is 1.85 bits per heavy atom. The Morgan fingerprint density at radius 3 is 2.40 bits per heavy atom. The van der Waals surface area contributed by atoms with E-state index in [0.29, 0.717) is 5.41 Å². The minimum absolute atomic E-state index is 0.202. The largest absolute Gasteiger partial charge is 0.253 e. The van der Waals surface area contributed by atoms with E-state index in [9.17, 15) is 4.39 Å². The maximum atomic E-state index is 13.1. The van der Waals surface area contributed by atoms with Crippen molar-refractivity contribution in [2.75, 3.05) is 0 Å². The van der Waals surface area contributed by atoms with Crippen molar-refractivity contribution in [1.82, 2.24) is 4.98 Å². The predicted octanol–water partition coefficient (Wildman–Crippen LogP) is 4.89. The molecular weight excluding hydrogens is 249 g/mol. The fourth-order valence-electron chi connectivity index (χ4n) is 2.88. The van der Waals surface area contributed by atoms with Crippen LogP contribution in [0.2, 0.25) is 0 Å². The quantitative estimate of drug-likeness (QED) is 0.773. The summed E-state index contributed by atoms with van der Waals surface area (Å²) in [5.74, 6) is -0.202. The molecule has 0 aliphatic heterocycles. The summed E-state index contributed by atoms with van der Waals surface area (Å²) in [6, 6.07) is 11.0. The Kier molecular flexibility index (Phi) is 3.33. The molecule has 0 N–H and O–H groups in total. The van der Waals surface area contributed by atoms with Gasteiger partial charge in [-0.1, -0.05) is 20.3 Å². The molecule has 0 saturated heterocycles. The van der Waals surface area contributed by atoms with Crippen LogP contribution in [0.3, 0.4) is 0 Å². The minimum Gasteiger partial charge on any atom is -0.253 e. The molecule has 1 aliphatic carbocycles. The molecule has 0 amide bonds. The number of nitrogens with zero attached hydrogens (tertiary/aromatic N) is 1. The molecule has 1 nitrogen and oxygen atoms in total. The van der Waals surface area contributed by atoms with Crippen LogP contribution < -0.4 is 0 Å². The zero-order valence-electron chi connectivity index (χ0n) is 12.1. The van der Waals surface area contributed by atoms with Crippen LogP contribution in [0.25, 0.3) is 11.3 Å². The Morgan fingerprint density at radius 1 is 1.15 bits per heavy atom. The maximum absolute atomic E-state index is 13.1. The van der Waals surface area contributed by atoms with E-state index in [4.69, 9.17) is 4.98 Å². The van der Waals surface area contributed by atoms with Crippen molar-refractivity contribution in [2.24, 2.45) is 0 Å². The van der Waals surface area contributed by atoms with Gasteiger partial charge in [-0.05, 0) is 66.6 Å². The number of aromatic nitrogens is 1. The molecule has 1 aromatic heterocycles. The van der Waals surface area contributed by atoms with Crippen LogP contribution >= 0.6 is 0 Å².